The van der Waals surface area contributed by atoms with Crippen molar-refractivity contribution >= 4 is 5.91 Å². The lowest BCUT2D eigenvalue weighted by Crippen LogP contribution is -2.49. The Morgan fingerprint density at radius 3 is 2.94 bits per heavy atom. The van der Waals surface area contributed by atoms with Crippen LogP contribution in [-0.2, 0) is 4.79 Å². The summed E-state index contributed by atoms with van der Waals surface area (Å²) in [6.07, 6.45) is 3.59. The van der Waals surface area contributed by atoms with E-state index in [1.807, 2.05) is 13.8 Å². The molecular formula is C12H19N3O2. The van der Waals surface area contributed by atoms with Crippen LogP contribution in [0.3, 0.4) is 0 Å². The van der Waals surface area contributed by atoms with Crippen molar-refractivity contribution in [3.05, 3.63) is 24.5 Å². The van der Waals surface area contributed by atoms with Crippen LogP contribution in [0.1, 0.15) is 20.3 Å². The third-order valence-corrected chi connectivity index (χ3v) is 2.22. The van der Waals surface area contributed by atoms with E-state index in [4.69, 9.17) is 10.5 Å². The highest BCUT2D eigenvalue weighted by molar-refractivity contribution is 5.76. The Bertz CT molecular complexity index is 352. The third kappa shape index (κ3) is 5.31. The number of rotatable bonds is 6. The van der Waals surface area contributed by atoms with Gasteiger partial charge in [-0.15, -0.1) is 0 Å². The summed E-state index contributed by atoms with van der Waals surface area (Å²) >= 11 is 0. The van der Waals surface area contributed by atoms with Crippen LogP contribution in [0.2, 0.25) is 0 Å². The van der Waals surface area contributed by atoms with E-state index in [2.05, 4.69) is 10.3 Å². The van der Waals surface area contributed by atoms with Gasteiger partial charge in [-0.1, -0.05) is 0 Å². The number of hydrogen-bond donors (Lipinski definition) is 2. The molecule has 0 aromatic carbocycles. The molecule has 94 valence electrons. The summed E-state index contributed by atoms with van der Waals surface area (Å²) in [6, 6.07) is 3.58. The lowest BCUT2D eigenvalue weighted by molar-refractivity contribution is -0.123. The zero-order valence-electron chi connectivity index (χ0n) is 10.3. The highest BCUT2D eigenvalue weighted by Crippen LogP contribution is 2.06. The van der Waals surface area contributed by atoms with Crippen molar-refractivity contribution in [2.24, 2.45) is 5.73 Å². The van der Waals surface area contributed by atoms with Crippen molar-refractivity contribution < 1.29 is 9.53 Å². The summed E-state index contributed by atoms with van der Waals surface area (Å²) in [6.45, 7) is 4.50. The van der Waals surface area contributed by atoms with Gasteiger partial charge >= 0.3 is 0 Å². The Hall–Kier alpha value is -1.62. The second kappa shape index (κ2) is 6.20. The van der Waals surface area contributed by atoms with Crippen LogP contribution in [0.5, 0.6) is 5.75 Å². The van der Waals surface area contributed by atoms with Crippen molar-refractivity contribution in [3.8, 4) is 5.75 Å². The SMILES string of the molecule is CC(C)(CN)NC(=O)CCOc1cccnc1. The van der Waals surface area contributed by atoms with Crippen LogP contribution in [0.25, 0.3) is 0 Å². The van der Waals surface area contributed by atoms with E-state index >= 15 is 0 Å². The van der Waals surface area contributed by atoms with Crippen LogP contribution >= 0.6 is 0 Å². The van der Waals surface area contributed by atoms with Gasteiger partial charge in [0.15, 0.2) is 0 Å². The number of hydrogen-bond acceptors (Lipinski definition) is 4. The molecule has 0 saturated heterocycles. The number of amides is 1. The number of carbonyl (C=O) groups excluding carboxylic acids is 1. The summed E-state index contributed by atoms with van der Waals surface area (Å²) in [5.74, 6) is 0.600. The molecule has 17 heavy (non-hydrogen) atoms. The molecule has 1 heterocycles. The first-order valence-electron chi connectivity index (χ1n) is 5.57. The fourth-order valence-corrected chi connectivity index (χ4v) is 1.19. The minimum absolute atomic E-state index is 0.0654. The molecule has 1 rings (SSSR count). The second-order valence-corrected chi connectivity index (χ2v) is 4.42. The quantitative estimate of drug-likeness (QED) is 0.763. The van der Waals surface area contributed by atoms with Gasteiger partial charge < -0.3 is 15.8 Å². The van der Waals surface area contributed by atoms with Crippen molar-refractivity contribution in [2.45, 2.75) is 25.8 Å². The van der Waals surface area contributed by atoms with Gasteiger partial charge in [0.1, 0.15) is 5.75 Å². The zero-order chi connectivity index (χ0) is 12.7. The van der Waals surface area contributed by atoms with E-state index in [-0.39, 0.29) is 11.4 Å². The smallest absolute Gasteiger partial charge is 0.223 e. The van der Waals surface area contributed by atoms with E-state index in [1.54, 1.807) is 24.5 Å². The number of aromatic nitrogens is 1. The van der Waals surface area contributed by atoms with E-state index in [1.165, 1.54) is 0 Å². The zero-order valence-corrected chi connectivity index (χ0v) is 10.3. The van der Waals surface area contributed by atoms with Gasteiger partial charge in [0, 0.05) is 18.3 Å². The molecule has 0 aliphatic carbocycles. The number of carbonyl (C=O) groups is 1. The topological polar surface area (TPSA) is 77.2 Å². The van der Waals surface area contributed by atoms with Crippen LogP contribution in [-0.4, -0.2) is 29.6 Å². The molecule has 0 aliphatic heterocycles. The molecule has 0 bridgehead atoms. The normalized spacial score (nSPS) is 11.0. The van der Waals surface area contributed by atoms with E-state index < -0.39 is 0 Å². The Balaban J connectivity index is 2.25. The predicted molar refractivity (Wildman–Crippen MR) is 65.6 cm³/mol. The number of nitrogens with one attached hydrogen (secondary N) is 1. The maximum absolute atomic E-state index is 11.5. The molecule has 1 aromatic heterocycles. The summed E-state index contributed by atoms with van der Waals surface area (Å²) in [5, 5.41) is 2.83. The first kappa shape index (κ1) is 13.4. The minimum atomic E-state index is -0.370. The highest BCUT2D eigenvalue weighted by atomic mass is 16.5. The average molecular weight is 237 g/mol. The molecule has 0 atom stereocenters. The highest BCUT2D eigenvalue weighted by Gasteiger charge is 2.17. The molecular weight excluding hydrogens is 218 g/mol. The van der Waals surface area contributed by atoms with Crippen molar-refractivity contribution in [3.63, 3.8) is 0 Å². The Labute approximate surface area is 101 Å². The average Bonchev–Trinajstić information content (AvgIpc) is 2.30. The summed E-state index contributed by atoms with van der Waals surface area (Å²) in [7, 11) is 0. The third-order valence-electron chi connectivity index (χ3n) is 2.22. The van der Waals surface area contributed by atoms with Crippen LogP contribution < -0.4 is 15.8 Å². The summed E-state index contributed by atoms with van der Waals surface area (Å²) in [5.41, 5.74) is 5.15. The van der Waals surface area contributed by atoms with Crippen molar-refractivity contribution in [2.75, 3.05) is 13.2 Å². The number of pyridine rings is 1. The second-order valence-electron chi connectivity index (χ2n) is 4.42. The Kier molecular flexibility index (Phi) is 4.90. The Morgan fingerprint density at radius 2 is 2.35 bits per heavy atom. The lowest BCUT2D eigenvalue weighted by atomic mass is 10.1. The molecule has 0 spiro atoms. The summed E-state index contributed by atoms with van der Waals surface area (Å²) in [4.78, 5) is 15.5. The van der Waals surface area contributed by atoms with Crippen LogP contribution in [0, 0.1) is 0 Å². The number of ether oxygens (including phenoxy) is 1. The van der Waals surface area contributed by atoms with Gasteiger partial charge in [-0.3, -0.25) is 9.78 Å². The molecule has 0 radical (unpaired) electrons. The van der Waals surface area contributed by atoms with Crippen LogP contribution in [0.15, 0.2) is 24.5 Å². The first-order valence-corrected chi connectivity index (χ1v) is 5.57. The fourth-order valence-electron chi connectivity index (χ4n) is 1.19. The Morgan fingerprint density at radius 1 is 1.59 bits per heavy atom. The molecule has 5 nitrogen and oxygen atoms in total. The maximum Gasteiger partial charge on any atom is 0.223 e. The number of nitrogens with two attached hydrogens (primary N) is 1. The molecule has 1 aromatic rings. The predicted octanol–water partition coefficient (Wildman–Crippen LogP) is 0.704. The van der Waals surface area contributed by atoms with Crippen molar-refractivity contribution in [1.82, 2.24) is 10.3 Å². The molecule has 5 heteroatoms. The first-order chi connectivity index (χ1) is 8.03. The minimum Gasteiger partial charge on any atom is -0.491 e. The van der Waals surface area contributed by atoms with Gasteiger partial charge in [-0.2, -0.15) is 0 Å². The van der Waals surface area contributed by atoms with Crippen molar-refractivity contribution in [1.29, 1.82) is 0 Å². The molecule has 1 amide bonds. The van der Waals surface area contributed by atoms with E-state index in [0.717, 1.165) is 0 Å². The molecule has 3 N–H and O–H groups in total. The van der Waals surface area contributed by atoms with Gasteiger partial charge in [0.25, 0.3) is 0 Å². The van der Waals surface area contributed by atoms with E-state index in [0.29, 0.717) is 25.3 Å². The summed E-state index contributed by atoms with van der Waals surface area (Å²) < 4.78 is 5.37. The molecule has 0 fully saturated rings. The largest absolute Gasteiger partial charge is 0.491 e. The lowest BCUT2D eigenvalue weighted by Gasteiger charge is -2.24. The molecule has 0 aliphatic rings. The van der Waals surface area contributed by atoms with Gasteiger partial charge in [0.2, 0.25) is 5.91 Å². The fraction of sp³-hybridized carbons (Fsp3) is 0.500. The standard InChI is InChI=1S/C12H19N3O2/c1-12(2,9-13)15-11(16)5-7-17-10-4-3-6-14-8-10/h3-4,6,8H,5,7,9,13H2,1-2H3,(H,15,16). The van der Waals surface area contributed by atoms with Crippen LogP contribution in [0.4, 0.5) is 0 Å². The van der Waals surface area contributed by atoms with Gasteiger partial charge in [-0.05, 0) is 26.0 Å². The molecule has 0 unspecified atom stereocenters. The van der Waals surface area contributed by atoms with Gasteiger partial charge in [-0.25, -0.2) is 0 Å². The monoisotopic (exact) mass is 237 g/mol. The number of nitrogens with zero attached hydrogens (tertiary/aromatic N) is 1. The molecule has 0 saturated carbocycles. The van der Waals surface area contributed by atoms with E-state index in [9.17, 15) is 4.79 Å². The maximum atomic E-state index is 11.5. The van der Waals surface area contributed by atoms with Gasteiger partial charge in [0.05, 0.1) is 19.2 Å².